The molecule has 0 spiro atoms. The molecule has 0 saturated carbocycles. The molecule has 0 saturated heterocycles. The third-order valence-electron chi connectivity index (χ3n) is 5.52. The van der Waals surface area contributed by atoms with Gasteiger partial charge in [-0.15, -0.1) is 0 Å². The SMILES string of the molecule is CCCc1ccc2c(c1)C(=O)N(CCc1c[nH][nH]1)C(c1ccc(C#N)cc1)C2. The lowest BCUT2D eigenvalue weighted by Gasteiger charge is -2.37. The van der Waals surface area contributed by atoms with Gasteiger partial charge in [-0.2, -0.15) is 5.26 Å². The van der Waals surface area contributed by atoms with Gasteiger partial charge in [0.25, 0.3) is 5.91 Å². The van der Waals surface area contributed by atoms with Crippen molar-refractivity contribution < 1.29 is 4.79 Å². The molecular weight excluding hydrogens is 348 g/mol. The molecule has 0 fully saturated rings. The van der Waals surface area contributed by atoms with Crippen LogP contribution in [0.25, 0.3) is 0 Å². The Labute approximate surface area is 165 Å². The Bertz CT molecular complexity index is 997. The van der Waals surface area contributed by atoms with Crippen LogP contribution in [0, 0.1) is 11.3 Å². The summed E-state index contributed by atoms with van der Waals surface area (Å²) in [5, 5.41) is 15.0. The van der Waals surface area contributed by atoms with Crippen molar-refractivity contribution in [3.63, 3.8) is 0 Å². The van der Waals surface area contributed by atoms with Crippen LogP contribution in [-0.2, 0) is 19.3 Å². The summed E-state index contributed by atoms with van der Waals surface area (Å²) < 4.78 is 0. The first-order valence-corrected chi connectivity index (χ1v) is 9.83. The number of carbonyl (C=O) groups is 1. The number of nitrogens with zero attached hydrogens (tertiary/aromatic N) is 2. The summed E-state index contributed by atoms with van der Waals surface area (Å²) in [5.74, 6) is 0.0986. The number of carbonyl (C=O) groups excluding carboxylic acids is 1. The zero-order valence-corrected chi connectivity index (χ0v) is 16.0. The van der Waals surface area contributed by atoms with Crippen molar-refractivity contribution in [1.82, 2.24) is 15.1 Å². The Hall–Kier alpha value is -3.26. The quantitative estimate of drug-likeness (QED) is 0.682. The molecule has 0 radical (unpaired) electrons. The van der Waals surface area contributed by atoms with Gasteiger partial charge in [-0.05, 0) is 47.7 Å². The van der Waals surface area contributed by atoms with E-state index in [0.29, 0.717) is 12.1 Å². The maximum atomic E-state index is 13.4. The first-order valence-electron chi connectivity index (χ1n) is 9.83. The lowest BCUT2D eigenvalue weighted by molar-refractivity contribution is 0.0649. The van der Waals surface area contributed by atoms with E-state index >= 15 is 0 Å². The van der Waals surface area contributed by atoms with E-state index in [4.69, 9.17) is 5.26 Å². The summed E-state index contributed by atoms with van der Waals surface area (Å²) in [7, 11) is 0. The molecule has 5 heteroatoms. The van der Waals surface area contributed by atoms with Gasteiger partial charge in [0.1, 0.15) is 0 Å². The predicted octanol–water partition coefficient (Wildman–Crippen LogP) is 4.15. The number of nitrogens with one attached hydrogen (secondary N) is 2. The van der Waals surface area contributed by atoms with Crippen LogP contribution in [-0.4, -0.2) is 27.5 Å². The standard InChI is InChI=1S/C23H24N4O/c1-2-3-16-4-9-19-13-22(18-7-5-17(14-24)6-8-18)27(23(28)21(19)12-16)11-10-20-15-25-26-20/h4-9,12,15,22,25-26H,2-3,10-11,13H2,1H3. The van der Waals surface area contributed by atoms with Crippen molar-refractivity contribution >= 4 is 5.91 Å². The molecule has 2 heterocycles. The number of hydrogen-bond acceptors (Lipinski definition) is 2. The van der Waals surface area contributed by atoms with Gasteiger partial charge >= 0.3 is 0 Å². The lowest BCUT2D eigenvalue weighted by Crippen LogP contribution is -2.41. The second-order valence-corrected chi connectivity index (χ2v) is 7.38. The van der Waals surface area contributed by atoms with Gasteiger partial charge in [0, 0.05) is 24.7 Å². The van der Waals surface area contributed by atoms with Gasteiger partial charge in [-0.1, -0.05) is 37.6 Å². The van der Waals surface area contributed by atoms with E-state index < -0.39 is 0 Å². The van der Waals surface area contributed by atoms with Crippen LogP contribution >= 0.6 is 0 Å². The molecule has 1 aromatic heterocycles. The average molecular weight is 372 g/mol. The van der Waals surface area contributed by atoms with Crippen molar-refractivity contribution in [2.24, 2.45) is 0 Å². The summed E-state index contributed by atoms with van der Waals surface area (Å²) in [6.07, 6.45) is 5.57. The van der Waals surface area contributed by atoms with Crippen LogP contribution < -0.4 is 0 Å². The number of H-pyrrole nitrogens is 2. The number of hydrogen-bond donors (Lipinski definition) is 2. The van der Waals surface area contributed by atoms with Gasteiger partial charge in [0.05, 0.1) is 23.4 Å². The van der Waals surface area contributed by atoms with Crippen LogP contribution in [0.5, 0.6) is 0 Å². The minimum Gasteiger partial charge on any atom is -0.331 e. The van der Waals surface area contributed by atoms with Gasteiger partial charge in [-0.25, -0.2) is 0 Å². The van der Waals surface area contributed by atoms with Crippen LogP contribution in [0.3, 0.4) is 0 Å². The van der Waals surface area contributed by atoms with Gasteiger partial charge in [0.15, 0.2) is 0 Å². The molecule has 1 unspecified atom stereocenters. The molecule has 2 N–H and O–H groups in total. The number of fused-ring (bicyclic) bond motifs is 1. The molecule has 5 nitrogen and oxygen atoms in total. The molecule has 28 heavy (non-hydrogen) atoms. The Morgan fingerprint density at radius 2 is 1.96 bits per heavy atom. The molecule has 1 aliphatic rings. The highest BCUT2D eigenvalue weighted by molar-refractivity contribution is 5.97. The Kier molecular flexibility index (Phi) is 5.03. The molecule has 3 aromatic rings. The number of benzene rings is 2. The zero-order valence-electron chi connectivity index (χ0n) is 16.0. The van der Waals surface area contributed by atoms with Gasteiger partial charge < -0.3 is 15.1 Å². The van der Waals surface area contributed by atoms with Crippen LogP contribution in [0.4, 0.5) is 0 Å². The number of aromatic amines is 2. The topological polar surface area (TPSA) is 75.7 Å². The number of amides is 1. The maximum absolute atomic E-state index is 13.4. The van der Waals surface area contributed by atoms with Crippen molar-refractivity contribution in [1.29, 1.82) is 5.26 Å². The van der Waals surface area contributed by atoms with E-state index in [9.17, 15) is 4.79 Å². The summed E-state index contributed by atoms with van der Waals surface area (Å²) in [5.41, 5.74) is 5.99. The largest absolute Gasteiger partial charge is 0.331 e. The number of aromatic nitrogens is 2. The number of rotatable bonds is 6. The van der Waals surface area contributed by atoms with Gasteiger partial charge in [-0.3, -0.25) is 4.79 Å². The predicted molar refractivity (Wildman–Crippen MR) is 108 cm³/mol. The summed E-state index contributed by atoms with van der Waals surface area (Å²) in [4.78, 5) is 15.4. The maximum Gasteiger partial charge on any atom is 0.254 e. The molecule has 1 atom stereocenters. The normalized spacial score (nSPS) is 16.1. The van der Waals surface area contributed by atoms with E-state index in [1.807, 2.05) is 35.4 Å². The molecule has 4 rings (SSSR count). The molecule has 2 aromatic carbocycles. The molecule has 1 aliphatic heterocycles. The Balaban J connectivity index is 1.68. The van der Waals surface area contributed by atoms with Crippen molar-refractivity contribution in [2.45, 2.75) is 38.6 Å². The first-order chi connectivity index (χ1) is 13.7. The second-order valence-electron chi connectivity index (χ2n) is 7.38. The monoisotopic (exact) mass is 372 g/mol. The fourth-order valence-electron chi connectivity index (χ4n) is 3.94. The van der Waals surface area contributed by atoms with Gasteiger partial charge in [0.2, 0.25) is 0 Å². The Morgan fingerprint density at radius 1 is 1.18 bits per heavy atom. The van der Waals surface area contributed by atoms with Crippen LogP contribution in [0.2, 0.25) is 0 Å². The van der Waals surface area contributed by atoms with Crippen LogP contribution in [0.15, 0.2) is 48.7 Å². The zero-order chi connectivity index (χ0) is 19.5. The van der Waals surface area contributed by atoms with E-state index in [0.717, 1.165) is 48.1 Å². The van der Waals surface area contributed by atoms with E-state index in [2.05, 4.69) is 41.4 Å². The smallest absolute Gasteiger partial charge is 0.254 e. The lowest BCUT2D eigenvalue weighted by atomic mass is 9.87. The summed E-state index contributed by atoms with van der Waals surface area (Å²) in [6, 6.07) is 16.1. The fraction of sp³-hybridized carbons (Fsp3) is 0.304. The first kappa shape index (κ1) is 18.1. The highest BCUT2D eigenvalue weighted by atomic mass is 16.2. The molecule has 142 valence electrons. The second kappa shape index (κ2) is 7.77. The molecular formula is C23H24N4O. The Morgan fingerprint density at radius 3 is 2.61 bits per heavy atom. The van der Waals surface area contributed by atoms with Crippen molar-refractivity contribution in [3.05, 3.63) is 82.2 Å². The summed E-state index contributed by atoms with van der Waals surface area (Å²) >= 11 is 0. The van der Waals surface area contributed by atoms with E-state index in [1.165, 1.54) is 5.56 Å². The van der Waals surface area contributed by atoms with E-state index in [-0.39, 0.29) is 11.9 Å². The fourth-order valence-corrected chi connectivity index (χ4v) is 3.94. The highest BCUT2D eigenvalue weighted by Gasteiger charge is 2.33. The minimum atomic E-state index is -0.0154. The van der Waals surface area contributed by atoms with Crippen LogP contribution in [0.1, 0.15) is 57.7 Å². The number of nitriles is 1. The molecule has 1 amide bonds. The van der Waals surface area contributed by atoms with Crippen molar-refractivity contribution in [3.8, 4) is 6.07 Å². The molecule has 0 bridgehead atoms. The van der Waals surface area contributed by atoms with E-state index in [1.54, 1.807) is 0 Å². The molecule has 0 aliphatic carbocycles. The third kappa shape index (κ3) is 3.46. The number of aryl methyl sites for hydroxylation is 1. The van der Waals surface area contributed by atoms with Crippen molar-refractivity contribution in [2.75, 3.05) is 6.54 Å². The minimum absolute atomic E-state index is 0.0154. The third-order valence-corrected chi connectivity index (χ3v) is 5.52. The summed E-state index contributed by atoms with van der Waals surface area (Å²) in [6.45, 7) is 2.81. The average Bonchev–Trinajstić information content (AvgIpc) is 2.69. The highest BCUT2D eigenvalue weighted by Crippen LogP contribution is 2.34.